The van der Waals surface area contributed by atoms with Crippen molar-refractivity contribution in [3.05, 3.63) is 57.3 Å². The summed E-state index contributed by atoms with van der Waals surface area (Å²) >= 11 is 9.71. The number of hydrogen-bond acceptors (Lipinski definition) is 1. The lowest BCUT2D eigenvalue weighted by Crippen LogP contribution is -2.18. The summed E-state index contributed by atoms with van der Waals surface area (Å²) in [4.78, 5) is 0. The molecule has 1 saturated carbocycles. The highest BCUT2D eigenvalue weighted by atomic mass is 79.9. The number of halogens is 2. The van der Waals surface area contributed by atoms with Crippen LogP contribution in [0.5, 0.6) is 0 Å². The van der Waals surface area contributed by atoms with Gasteiger partial charge in [0.1, 0.15) is 0 Å². The molecule has 4 heteroatoms. The zero-order valence-corrected chi connectivity index (χ0v) is 12.9. The van der Waals surface area contributed by atoms with E-state index in [9.17, 15) is 0 Å². The maximum atomic E-state index is 6.28. The van der Waals surface area contributed by atoms with Crippen molar-refractivity contribution in [1.29, 1.82) is 0 Å². The highest BCUT2D eigenvalue weighted by Crippen LogP contribution is 2.23. The van der Waals surface area contributed by atoms with Crippen LogP contribution in [0.1, 0.15) is 24.1 Å². The van der Waals surface area contributed by atoms with Crippen LogP contribution >= 0.6 is 27.5 Å². The fourth-order valence-corrected chi connectivity index (χ4v) is 2.87. The maximum absolute atomic E-state index is 6.28. The van der Waals surface area contributed by atoms with Crippen LogP contribution in [-0.2, 0) is 13.1 Å². The van der Waals surface area contributed by atoms with Crippen LogP contribution in [-0.4, -0.2) is 10.6 Å². The van der Waals surface area contributed by atoms with Crippen LogP contribution in [0.2, 0.25) is 5.02 Å². The number of nitrogens with one attached hydrogen (secondary N) is 1. The van der Waals surface area contributed by atoms with Crippen molar-refractivity contribution in [2.24, 2.45) is 0 Å². The molecule has 2 nitrogen and oxygen atoms in total. The average molecular weight is 340 g/mol. The highest BCUT2D eigenvalue weighted by Gasteiger charge is 2.20. The van der Waals surface area contributed by atoms with Gasteiger partial charge < -0.3 is 9.88 Å². The lowest BCUT2D eigenvalue weighted by Gasteiger charge is -2.11. The number of benzene rings is 1. The van der Waals surface area contributed by atoms with E-state index in [4.69, 9.17) is 11.6 Å². The monoisotopic (exact) mass is 338 g/mol. The van der Waals surface area contributed by atoms with Gasteiger partial charge in [0.2, 0.25) is 0 Å². The fourth-order valence-electron chi connectivity index (χ4n) is 2.13. The van der Waals surface area contributed by atoms with E-state index >= 15 is 0 Å². The van der Waals surface area contributed by atoms with Crippen LogP contribution in [0.15, 0.2) is 41.0 Å². The zero-order chi connectivity index (χ0) is 13.2. The van der Waals surface area contributed by atoms with Gasteiger partial charge in [-0.05, 0) is 42.7 Å². The van der Waals surface area contributed by atoms with Crippen LogP contribution in [0, 0.1) is 0 Å². The molecular formula is C15H16BrClN2. The van der Waals surface area contributed by atoms with Crippen LogP contribution in [0.4, 0.5) is 0 Å². The molecule has 0 aliphatic heterocycles. The Hall–Kier alpha value is -0.770. The molecule has 0 unspecified atom stereocenters. The van der Waals surface area contributed by atoms with Crippen molar-refractivity contribution in [3.8, 4) is 0 Å². The first-order valence-electron chi connectivity index (χ1n) is 6.54. The van der Waals surface area contributed by atoms with Gasteiger partial charge in [-0.3, -0.25) is 0 Å². The average Bonchev–Trinajstić information content (AvgIpc) is 3.11. The minimum atomic E-state index is 0.736. The van der Waals surface area contributed by atoms with Crippen molar-refractivity contribution in [2.45, 2.75) is 32.0 Å². The molecule has 0 spiro atoms. The standard InChI is InChI=1S/C15H16BrClN2/c16-12-4-3-11(15(17)8-12)10-19-7-1-2-14(19)9-18-13-5-6-13/h1-4,7-8,13,18H,5-6,9-10H2. The third kappa shape index (κ3) is 3.41. The molecule has 0 radical (unpaired) electrons. The third-order valence-electron chi connectivity index (χ3n) is 3.43. The normalized spacial score (nSPS) is 14.8. The van der Waals surface area contributed by atoms with Crippen LogP contribution < -0.4 is 5.32 Å². The predicted octanol–water partition coefficient (Wildman–Crippen LogP) is 4.20. The smallest absolute Gasteiger partial charge is 0.0488 e. The summed E-state index contributed by atoms with van der Waals surface area (Å²) in [6, 6.07) is 11.1. The van der Waals surface area contributed by atoms with Gasteiger partial charge in [-0.25, -0.2) is 0 Å². The van der Waals surface area contributed by atoms with Crippen molar-refractivity contribution < 1.29 is 0 Å². The maximum Gasteiger partial charge on any atom is 0.0488 e. The molecule has 3 rings (SSSR count). The molecule has 0 bridgehead atoms. The first-order valence-corrected chi connectivity index (χ1v) is 7.71. The van der Waals surface area contributed by atoms with Gasteiger partial charge in [-0.2, -0.15) is 0 Å². The van der Waals surface area contributed by atoms with Gasteiger partial charge in [0.15, 0.2) is 0 Å². The van der Waals surface area contributed by atoms with E-state index < -0.39 is 0 Å². The molecular weight excluding hydrogens is 324 g/mol. The van der Waals surface area contributed by atoms with Gasteiger partial charge in [-0.1, -0.05) is 33.6 Å². The first-order chi connectivity index (χ1) is 9.22. The Kier molecular flexibility index (Phi) is 3.96. The fraction of sp³-hybridized carbons (Fsp3) is 0.333. The molecule has 1 heterocycles. The van der Waals surface area contributed by atoms with E-state index in [1.165, 1.54) is 18.5 Å². The summed E-state index contributed by atoms with van der Waals surface area (Å²) in [5.41, 5.74) is 2.46. The number of aromatic nitrogens is 1. The molecule has 2 aromatic rings. The Bertz CT molecular complexity index is 575. The molecule has 0 saturated heterocycles. The molecule has 0 amide bonds. The van der Waals surface area contributed by atoms with E-state index in [2.05, 4.69) is 50.2 Å². The van der Waals surface area contributed by atoms with E-state index in [-0.39, 0.29) is 0 Å². The minimum Gasteiger partial charge on any atom is -0.346 e. The largest absolute Gasteiger partial charge is 0.346 e. The van der Waals surface area contributed by atoms with Crippen molar-refractivity contribution in [1.82, 2.24) is 9.88 Å². The van der Waals surface area contributed by atoms with Crippen LogP contribution in [0.3, 0.4) is 0 Å². The Balaban J connectivity index is 1.73. The zero-order valence-electron chi connectivity index (χ0n) is 10.6. The van der Waals surface area contributed by atoms with E-state index in [1.807, 2.05) is 12.1 Å². The van der Waals surface area contributed by atoms with Gasteiger partial charge >= 0.3 is 0 Å². The summed E-state index contributed by atoms with van der Waals surface area (Å²) < 4.78 is 3.27. The summed E-state index contributed by atoms with van der Waals surface area (Å²) in [6.07, 6.45) is 4.75. The molecule has 1 aromatic heterocycles. The molecule has 1 fully saturated rings. The topological polar surface area (TPSA) is 17.0 Å². The molecule has 1 aliphatic carbocycles. The number of hydrogen-bond donors (Lipinski definition) is 1. The minimum absolute atomic E-state index is 0.736. The second-order valence-electron chi connectivity index (χ2n) is 5.02. The molecule has 1 N–H and O–H groups in total. The molecule has 100 valence electrons. The van der Waals surface area contributed by atoms with Gasteiger partial charge in [0.25, 0.3) is 0 Å². The quantitative estimate of drug-likeness (QED) is 0.863. The first kappa shape index (κ1) is 13.2. The van der Waals surface area contributed by atoms with Crippen LogP contribution in [0.25, 0.3) is 0 Å². The second-order valence-corrected chi connectivity index (χ2v) is 6.34. The summed E-state index contributed by atoms with van der Waals surface area (Å²) in [7, 11) is 0. The Morgan fingerprint density at radius 3 is 2.89 bits per heavy atom. The second kappa shape index (κ2) is 5.70. The highest BCUT2D eigenvalue weighted by molar-refractivity contribution is 9.10. The molecule has 0 atom stereocenters. The van der Waals surface area contributed by atoms with E-state index in [1.54, 1.807) is 0 Å². The summed E-state index contributed by atoms with van der Waals surface area (Å²) in [6.45, 7) is 1.76. The van der Waals surface area contributed by atoms with E-state index in [0.29, 0.717) is 0 Å². The number of rotatable bonds is 5. The molecule has 1 aliphatic rings. The predicted molar refractivity (Wildman–Crippen MR) is 82.5 cm³/mol. The van der Waals surface area contributed by atoms with E-state index in [0.717, 1.165) is 34.2 Å². The Morgan fingerprint density at radius 2 is 2.16 bits per heavy atom. The van der Waals surface area contributed by atoms with Crippen molar-refractivity contribution in [2.75, 3.05) is 0 Å². The van der Waals surface area contributed by atoms with Crippen molar-refractivity contribution in [3.63, 3.8) is 0 Å². The summed E-state index contributed by atoms with van der Waals surface area (Å²) in [5.74, 6) is 0. The lowest BCUT2D eigenvalue weighted by molar-refractivity contribution is 0.634. The SMILES string of the molecule is Clc1cc(Br)ccc1Cn1cccc1CNC1CC1. The third-order valence-corrected chi connectivity index (χ3v) is 4.27. The Morgan fingerprint density at radius 1 is 1.32 bits per heavy atom. The lowest BCUT2D eigenvalue weighted by atomic mass is 10.2. The molecule has 1 aromatic carbocycles. The van der Waals surface area contributed by atoms with Crippen molar-refractivity contribution >= 4 is 27.5 Å². The van der Waals surface area contributed by atoms with Gasteiger partial charge in [0, 0.05) is 40.5 Å². The van der Waals surface area contributed by atoms with Gasteiger partial charge in [-0.15, -0.1) is 0 Å². The number of nitrogens with zero attached hydrogens (tertiary/aromatic N) is 1. The summed E-state index contributed by atoms with van der Waals surface area (Å²) in [5, 5.41) is 4.36. The molecule has 19 heavy (non-hydrogen) atoms. The Labute approximate surface area is 126 Å². The van der Waals surface area contributed by atoms with Gasteiger partial charge in [0.05, 0.1) is 0 Å².